The fourth-order valence-corrected chi connectivity index (χ4v) is 3.17. The molecule has 0 radical (unpaired) electrons. The van der Waals surface area contributed by atoms with Crippen molar-refractivity contribution in [1.82, 2.24) is 20.6 Å². The lowest BCUT2D eigenvalue weighted by Gasteiger charge is -2.21. The summed E-state index contributed by atoms with van der Waals surface area (Å²) in [6, 6.07) is 9.69. The first-order chi connectivity index (χ1) is 13.1. The van der Waals surface area contributed by atoms with Gasteiger partial charge in [-0.2, -0.15) is 0 Å². The first-order valence-electron chi connectivity index (χ1n) is 9.23. The van der Waals surface area contributed by atoms with Crippen LogP contribution in [0.5, 0.6) is 0 Å². The molecule has 0 saturated carbocycles. The van der Waals surface area contributed by atoms with Gasteiger partial charge in [0.05, 0.1) is 0 Å². The number of pyridine rings is 2. The molecular weight excluding hydrogens is 342 g/mol. The molecule has 1 atom stereocenters. The van der Waals surface area contributed by atoms with E-state index in [4.69, 9.17) is 0 Å². The monoisotopic (exact) mass is 367 g/mol. The Kier molecular flexibility index (Phi) is 6.35. The minimum Gasteiger partial charge on any atom is -0.359 e. The fraction of sp³-hybridized carbons (Fsp3) is 0.400. The first kappa shape index (κ1) is 18.8. The highest BCUT2D eigenvalue weighted by Gasteiger charge is 2.23. The largest absolute Gasteiger partial charge is 0.359 e. The highest BCUT2D eigenvalue weighted by atomic mass is 16.2. The Morgan fingerprint density at radius 2 is 2.11 bits per heavy atom. The standard InChI is InChI=1S/C20H25N5O2/c1-25(12-9-16-6-2-3-10-21-16)20-15(5-4-11-22-20)14-23-19(27)13-17-7-8-18(26)24-17/h2-6,10-11,17H,7-9,12-14H2,1H3,(H,23,27)(H,24,26). The van der Waals surface area contributed by atoms with Crippen molar-refractivity contribution in [2.45, 2.75) is 38.3 Å². The van der Waals surface area contributed by atoms with Gasteiger partial charge in [-0.05, 0) is 24.6 Å². The lowest BCUT2D eigenvalue weighted by Crippen LogP contribution is -2.33. The van der Waals surface area contributed by atoms with E-state index in [0.29, 0.717) is 19.4 Å². The molecule has 0 aromatic carbocycles. The van der Waals surface area contributed by atoms with Crippen molar-refractivity contribution in [2.24, 2.45) is 0 Å². The molecule has 27 heavy (non-hydrogen) atoms. The maximum atomic E-state index is 12.2. The Labute approximate surface area is 159 Å². The zero-order chi connectivity index (χ0) is 19.1. The van der Waals surface area contributed by atoms with Crippen LogP contribution in [0.4, 0.5) is 5.82 Å². The molecule has 0 spiro atoms. The van der Waals surface area contributed by atoms with Gasteiger partial charge in [-0.15, -0.1) is 0 Å². The summed E-state index contributed by atoms with van der Waals surface area (Å²) in [6.45, 7) is 1.19. The number of hydrogen-bond acceptors (Lipinski definition) is 5. The van der Waals surface area contributed by atoms with E-state index in [-0.39, 0.29) is 17.9 Å². The number of anilines is 1. The third-order valence-electron chi connectivity index (χ3n) is 4.65. The number of carbonyl (C=O) groups excluding carboxylic acids is 2. The Morgan fingerprint density at radius 1 is 1.26 bits per heavy atom. The molecule has 3 rings (SSSR count). The van der Waals surface area contributed by atoms with E-state index in [1.54, 1.807) is 12.4 Å². The average Bonchev–Trinajstić information content (AvgIpc) is 3.10. The molecule has 7 nitrogen and oxygen atoms in total. The van der Waals surface area contributed by atoms with Crippen LogP contribution in [-0.2, 0) is 22.6 Å². The maximum absolute atomic E-state index is 12.2. The molecule has 0 bridgehead atoms. The van der Waals surface area contributed by atoms with E-state index in [1.165, 1.54) is 0 Å². The minimum absolute atomic E-state index is 0.0249. The molecule has 1 fully saturated rings. The quantitative estimate of drug-likeness (QED) is 0.737. The van der Waals surface area contributed by atoms with Crippen molar-refractivity contribution < 1.29 is 9.59 Å². The van der Waals surface area contributed by atoms with Crippen LogP contribution >= 0.6 is 0 Å². The number of amides is 2. The number of likely N-dealkylation sites (N-methyl/N-ethyl adjacent to an activating group) is 1. The Hall–Kier alpha value is -2.96. The van der Waals surface area contributed by atoms with Crippen molar-refractivity contribution in [1.29, 1.82) is 0 Å². The lowest BCUT2D eigenvalue weighted by molar-refractivity contribution is -0.121. The van der Waals surface area contributed by atoms with Gasteiger partial charge in [-0.3, -0.25) is 14.6 Å². The predicted molar refractivity (Wildman–Crippen MR) is 103 cm³/mol. The molecule has 1 aliphatic rings. The Balaban J connectivity index is 1.53. The first-order valence-corrected chi connectivity index (χ1v) is 9.23. The number of nitrogens with zero attached hydrogens (tertiary/aromatic N) is 3. The van der Waals surface area contributed by atoms with Crippen molar-refractivity contribution in [3.63, 3.8) is 0 Å². The van der Waals surface area contributed by atoms with Crippen LogP contribution in [0, 0.1) is 0 Å². The van der Waals surface area contributed by atoms with Gasteiger partial charge in [0, 0.05) is 69.1 Å². The SMILES string of the molecule is CN(CCc1ccccn1)c1ncccc1CNC(=O)CC1CCC(=O)N1. The Bertz CT molecular complexity index is 781. The third kappa shape index (κ3) is 5.51. The summed E-state index contributed by atoms with van der Waals surface area (Å²) in [5.41, 5.74) is 2.00. The molecule has 2 amide bonds. The predicted octanol–water partition coefficient (Wildman–Crippen LogP) is 1.44. The molecule has 1 aliphatic heterocycles. The van der Waals surface area contributed by atoms with E-state index in [1.807, 2.05) is 37.4 Å². The van der Waals surface area contributed by atoms with Crippen LogP contribution in [0.25, 0.3) is 0 Å². The summed E-state index contributed by atoms with van der Waals surface area (Å²) < 4.78 is 0. The van der Waals surface area contributed by atoms with E-state index in [9.17, 15) is 9.59 Å². The molecule has 2 aromatic rings. The summed E-state index contributed by atoms with van der Waals surface area (Å²) in [7, 11) is 1.99. The second-order valence-corrected chi connectivity index (χ2v) is 6.76. The van der Waals surface area contributed by atoms with Gasteiger partial charge in [0.2, 0.25) is 11.8 Å². The highest BCUT2D eigenvalue weighted by molar-refractivity contribution is 5.81. The van der Waals surface area contributed by atoms with Crippen LogP contribution in [0.2, 0.25) is 0 Å². The number of nitrogens with one attached hydrogen (secondary N) is 2. The number of aromatic nitrogens is 2. The summed E-state index contributed by atoms with van der Waals surface area (Å²) in [5, 5.41) is 5.76. The summed E-state index contributed by atoms with van der Waals surface area (Å²) >= 11 is 0. The van der Waals surface area contributed by atoms with Gasteiger partial charge < -0.3 is 15.5 Å². The van der Waals surface area contributed by atoms with E-state index in [0.717, 1.165) is 36.5 Å². The van der Waals surface area contributed by atoms with Gasteiger partial charge in [-0.25, -0.2) is 4.98 Å². The number of rotatable bonds is 8. The second kappa shape index (κ2) is 9.12. The minimum atomic E-state index is -0.0619. The maximum Gasteiger partial charge on any atom is 0.222 e. The van der Waals surface area contributed by atoms with Crippen LogP contribution in [-0.4, -0.2) is 41.4 Å². The van der Waals surface area contributed by atoms with Gasteiger partial charge in [0.25, 0.3) is 0 Å². The molecule has 3 heterocycles. The molecule has 142 valence electrons. The summed E-state index contributed by atoms with van der Waals surface area (Å²) in [5.74, 6) is 0.813. The summed E-state index contributed by atoms with van der Waals surface area (Å²) in [4.78, 5) is 34.3. The van der Waals surface area contributed by atoms with E-state index < -0.39 is 0 Å². The van der Waals surface area contributed by atoms with Crippen molar-refractivity contribution in [3.8, 4) is 0 Å². The van der Waals surface area contributed by atoms with Crippen LogP contribution in [0.3, 0.4) is 0 Å². The van der Waals surface area contributed by atoms with Gasteiger partial charge in [0.1, 0.15) is 5.82 Å². The fourth-order valence-electron chi connectivity index (χ4n) is 3.17. The van der Waals surface area contributed by atoms with Crippen LogP contribution < -0.4 is 15.5 Å². The molecular formula is C20H25N5O2. The van der Waals surface area contributed by atoms with E-state index >= 15 is 0 Å². The zero-order valence-corrected chi connectivity index (χ0v) is 15.5. The van der Waals surface area contributed by atoms with E-state index in [2.05, 4.69) is 25.5 Å². The molecule has 7 heteroatoms. The average molecular weight is 367 g/mol. The van der Waals surface area contributed by atoms with Crippen LogP contribution in [0.1, 0.15) is 30.5 Å². The lowest BCUT2D eigenvalue weighted by atomic mass is 10.1. The molecule has 2 aromatic heterocycles. The molecule has 0 aliphatic carbocycles. The smallest absolute Gasteiger partial charge is 0.222 e. The third-order valence-corrected chi connectivity index (χ3v) is 4.65. The van der Waals surface area contributed by atoms with Crippen molar-refractivity contribution in [2.75, 3.05) is 18.5 Å². The molecule has 1 unspecified atom stereocenters. The normalized spacial score (nSPS) is 16.0. The molecule has 2 N–H and O–H groups in total. The van der Waals surface area contributed by atoms with Gasteiger partial charge in [0.15, 0.2) is 0 Å². The highest BCUT2D eigenvalue weighted by Crippen LogP contribution is 2.16. The van der Waals surface area contributed by atoms with Crippen molar-refractivity contribution >= 4 is 17.6 Å². The topological polar surface area (TPSA) is 87.2 Å². The second-order valence-electron chi connectivity index (χ2n) is 6.76. The van der Waals surface area contributed by atoms with Gasteiger partial charge in [-0.1, -0.05) is 12.1 Å². The van der Waals surface area contributed by atoms with Gasteiger partial charge >= 0.3 is 0 Å². The zero-order valence-electron chi connectivity index (χ0n) is 15.5. The Morgan fingerprint density at radius 3 is 2.85 bits per heavy atom. The molecule has 1 saturated heterocycles. The van der Waals surface area contributed by atoms with Crippen molar-refractivity contribution in [3.05, 3.63) is 54.0 Å². The number of carbonyl (C=O) groups is 2. The van der Waals surface area contributed by atoms with Crippen LogP contribution in [0.15, 0.2) is 42.7 Å². The number of hydrogen-bond donors (Lipinski definition) is 2. The summed E-state index contributed by atoms with van der Waals surface area (Å²) in [6.07, 6.45) is 5.92.